The SMILES string of the molecule is CCCC1CCC(C2CCC(c3ccc(C)cc3)CC2)CC1.CCCC1CCC(c2ccc(-c3ccc(CC)cc3)cc2)CC1. The van der Waals surface area contributed by atoms with Crippen molar-refractivity contribution < 1.29 is 0 Å². The van der Waals surface area contributed by atoms with Crippen molar-refractivity contribution in [2.45, 2.75) is 149 Å². The summed E-state index contributed by atoms with van der Waals surface area (Å²) in [6.07, 6.45) is 24.3. The van der Waals surface area contributed by atoms with Crippen molar-refractivity contribution in [2.24, 2.45) is 23.7 Å². The number of aryl methyl sites for hydroxylation is 2. The van der Waals surface area contributed by atoms with E-state index in [-0.39, 0.29) is 0 Å². The maximum absolute atomic E-state index is 2.37. The molecule has 6 rings (SSSR count). The second-order valence-corrected chi connectivity index (χ2v) is 15.3. The highest BCUT2D eigenvalue weighted by Crippen LogP contribution is 2.44. The summed E-state index contributed by atoms with van der Waals surface area (Å²) in [5.41, 5.74) is 8.62. The second kappa shape index (κ2) is 17.5. The van der Waals surface area contributed by atoms with Crippen LogP contribution in [0.15, 0.2) is 72.8 Å². The summed E-state index contributed by atoms with van der Waals surface area (Å²) in [5, 5.41) is 0. The molecule has 0 aromatic heterocycles. The summed E-state index contributed by atoms with van der Waals surface area (Å²) in [4.78, 5) is 0. The van der Waals surface area contributed by atoms with Crippen LogP contribution >= 0.6 is 0 Å². The van der Waals surface area contributed by atoms with Gasteiger partial charge in [-0.15, -0.1) is 0 Å². The van der Waals surface area contributed by atoms with Gasteiger partial charge in [0, 0.05) is 0 Å². The molecule has 0 nitrogen and oxygen atoms in total. The standard InChI is InChI=1S/C23H30.C22H34/c1-3-5-19-8-12-21(13-9-19)23-16-14-22(15-17-23)20-10-6-18(4-2)7-11-20;1-3-4-18-7-11-20(12-8-18)22-15-13-21(14-16-22)19-9-5-17(2)6-10-19/h6-7,10-11,14-17,19,21H,3-5,8-9,12-13H2,1-2H3;5-6,9-10,18,20-22H,3-4,7-8,11-16H2,1-2H3. The average molecular weight is 605 g/mol. The molecular formula is C45H64. The molecule has 3 aliphatic carbocycles. The van der Waals surface area contributed by atoms with Gasteiger partial charge in [0.2, 0.25) is 0 Å². The van der Waals surface area contributed by atoms with Gasteiger partial charge in [0.25, 0.3) is 0 Å². The zero-order valence-corrected chi connectivity index (χ0v) is 29.4. The Balaban J connectivity index is 0.000000178. The van der Waals surface area contributed by atoms with Crippen LogP contribution in [-0.4, -0.2) is 0 Å². The van der Waals surface area contributed by atoms with E-state index in [0.29, 0.717) is 0 Å². The lowest BCUT2D eigenvalue weighted by molar-refractivity contribution is 0.156. The van der Waals surface area contributed by atoms with Crippen LogP contribution in [0.3, 0.4) is 0 Å². The van der Waals surface area contributed by atoms with E-state index in [1.165, 1.54) is 125 Å². The highest BCUT2D eigenvalue weighted by atomic mass is 14.4. The lowest BCUT2D eigenvalue weighted by atomic mass is 9.68. The lowest BCUT2D eigenvalue weighted by Gasteiger charge is -2.38. The first-order chi connectivity index (χ1) is 22.1. The van der Waals surface area contributed by atoms with E-state index in [1.807, 2.05) is 0 Å². The fraction of sp³-hybridized carbons (Fsp3) is 0.600. The van der Waals surface area contributed by atoms with Crippen molar-refractivity contribution in [2.75, 3.05) is 0 Å². The Morgan fingerprint density at radius 1 is 0.444 bits per heavy atom. The summed E-state index contributed by atoms with van der Waals surface area (Å²) < 4.78 is 0. The molecule has 0 N–H and O–H groups in total. The third-order valence-corrected chi connectivity index (χ3v) is 12.2. The lowest BCUT2D eigenvalue weighted by Crippen LogP contribution is -2.25. The molecule has 0 amide bonds. The quantitative estimate of drug-likeness (QED) is 0.228. The zero-order chi connectivity index (χ0) is 31.4. The molecule has 0 heteroatoms. The zero-order valence-electron chi connectivity index (χ0n) is 29.4. The summed E-state index contributed by atoms with van der Waals surface area (Å²) in [6, 6.07) is 27.7. The molecule has 3 fully saturated rings. The maximum Gasteiger partial charge on any atom is -0.0162 e. The molecule has 0 spiro atoms. The predicted octanol–water partition coefficient (Wildman–Crippen LogP) is 13.9. The first kappa shape index (κ1) is 34.0. The van der Waals surface area contributed by atoms with Crippen LogP contribution in [0.2, 0.25) is 0 Å². The third-order valence-electron chi connectivity index (χ3n) is 12.2. The van der Waals surface area contributed by atoms with E-state index in [0.717, 1.165) is 41.9 Å². The minimum atomic E-state index is 0.791. The Hall–Kier alpha value is -2.34. The maximum atomic E-state index is 2.37. The molecule has 0 atom stereocenters. The van der Waals surface area contributed by atoms with E-state index in [4.69, 9.17) is 0 Å². The van der Waals surface area contributed by atoms with Crippen LogP contribution in [-0.2, 0) is 6.42 Å². The number of benzene rings is 3. The van der Waals surface area contributed by atoms with E-state index >= 15 is 0 Å². The van der Waals surface area contributed by atoms with Crippen molar-refractivity contribution in [3.05, 3.63) is 95.1 Å². The van der Waals surface area contributed by atoms with E-state index in [9.17, 15) is 0 Å². The first-order valence-corrected chi connectivity index (χ1v) is 19.3. The molecule has 0 unspecified atom stereocenters. The average Bonchev–Trinajstić information content (AvgIpc) is 3.10. The van der Waals surface area contributed by atoms with Crippen LogP contribution in [0.5, 0.6) is 0 Å². The van der Waals surface area contributed by atoms with Crippen LogP contribution in [0.1, 0.15) is 158 Å². The normalized spacial score (nSPS) is 26.9. The van der Waals surface area contributed by atoms with Crippen molar-refractivity contribution in [1.82, 2.24) is 0 Å². The smallest absolute Gasteiger partial charge is 0.0162 e. The fourth-order valence-corrected chi connectivity index (χ4v) is 9.19. The van der Waals surface area contributed by atoms with Crippen LogP contribution in [0.4, 0.5) is 0 Å². The predicted molar refractivity (Wildman–Crippen MR) is 197 cm³/mol. The molecule has 0 saturated heterocycles. The van der Waals surface area contributed by atoms with Gasteiger partial charge < -0.3 is 0 Å². The molecule has 3 saturated carbocycles. The number of rotatable bonds is 9. The van der Waals surface area contributed by atoms with Crippen molar-refractivity contribution in [3.63, 3.8) is 0 Å². The third kappa shape index (κ3) is 9.83. The molecule has 0 aliphatic heterocycles. The minimum absolute atomic E-state index is 0.791. The monoisotopic (exact) mass is 605 g/mol. The summed E-state index contributed by atoms with van der Waals surface area (Å²) in [5.74, 6) is 5.79. The van der Waals surface area contributed by atoms with Gasteiger partial charge in [-0.25, -0.2) is 0 Å². The van der Waals surface area contributed by atoms with Crippen molar-refractivity contribution in [3.8, 4) is 11.1 Å². The molecule has 3 aliphatic rings. The number of hydrogen-bond acceptors (Lipinski definition) is 0. The first-order valence-electron chi connectivity index (χ1n) is 19.3. The van der Waals surface area contributed by atoms with Gasteiger partial charge >= 0.3 is 0 Å². The van der Waals surface area contributed by atoms with Gasteiger partial charge in [-0.05, 0) is 141 Å². The van der Waals surface area contributed by atoms with Crippen molar-refractivity contribution >= 4 is 0 Å². The van der Waals surface area contributed by atoms with Gasteiger partial charge in [0.15, 0.2) is 0 Å². The van der Waals surface area contributed by atoms with Crippen molar-refractivity contribution in [1.29, 1.82) is 0 Å². The van der Waals surface area contributed by atoms with Gasteiger partial charge in [0.1, 0.15) is 0 Å². The second-order valence-electron chi connectivity index (χ2n) is 15.3. The molecule has 3 aromatic rings. The molecule has 0 radical (unpaired) electrons. The van der Waals surface area contributed by atoms with E-state index in [1.54, 1.807) is 11.1 Å². The summed E-state index contributed by atoms with van der Waals surface area (Å²) in [7, 11) is 0. The van der Waals surface area contributed by atoms with Crippen LogP contribution < -0.4 is 0 Å². The Bertz CT molecular complexity index is 1210. The summed E-state index contributed by atoms with van der Waals surface area (Å²) in [6.45, 7) is 9.06. The highest BCUT2D eigenvalue weighted by molar-refractivity contribution is 5.64. The van der Waals surface area contributed by atoms with E-state index in [2.05, 4.69) is 100 Å². The minimum Gasteiger partial charge on any atom is -0.0654 e. The molecule has 0 heterocycles. The molecule has 3 aromatic carbocycles. The highest BCUT2D eigenvalue weighted by Gasteiger charge is 2.31. The topological polar surface area (TPSA) is 0 Å². The fourth-order valence-electron chi connectivity index (χ4n) is 9.19. The van der Waals surface area contributed by atoms with E-state index < -0.39 is 0 Å². The van der Waals surface area contributed by atoms with Crippen LogP contribution in [0, 0.1) is 30.6 Å². The van der Waals surface area contributed by atoms with Gasteiger partial charge in [-0.1, -0.05) is 138 Å². The van der Waals surface area contributed by atoms with Gasteiger partial charge in [-0.2, -0.15) is 0 Å². The Kier molecular flexibility index (Phi) is 13.3. The molecule has 244 valence electrons. The Morgan fingerprint density at radius 2 is 0.822 bits per heavy atom. The Labute approximate surface area is 277 Å². The summed E-state index contributed by atoms with van der Waals surface area (Å²) >= 11 is 0. The molecule has 0 bridgehead atoms. The van der Waals surface area contributed by atoms with Crippen LogP contribution in [0.25, 0.3) is 11.1 Å². The number of hydrogen-bond donors (Lipinski definition) is 0. The van der Waals surface area contributed by atoms with Gasteiger partial charge in [-0.3, -0.25) is 0 Å². The largest absolute Gasteiger partial charge is 0.0654 e. The van der Waals surface area contributed by atoms with Gasteiger partial charge in [0.05, 0.1) is 0 Å². The Morgan fingerprint density at radius 3 is 1.27 bits per heavy atom. The molecular weight excluding hydrogens is 540 g/mol. The molecule has 45 heavy (non-hydrogen) atoms.